The van der Waals surface area contributed by atoms with Gasteiger partial charge in [-0.3, -0.25) is 0 Å². The van der Waals surface area contributed by atoms with Crippen LogP contribution in [-0.2, 0) is 6.54 Å². The van der Waals surface area contributed by atoms with Crippen molar-refractivity contribution >= 4 is 0 Å². The maximum Gasteiger partial charge on any atom is 0.178 e. The van der Waals surface area contributed by atoms with E-state index in [0.717, 1.165) is 0 Å². The summed E-state index contributed by atoms with van der Waals surface area (Å²) in [6, 6.07) is 6.60. The molecule has 1 aromatic heterocycles. The van der Waals surface area contributed by atoms with E-state index in [9.17, 15) is 0 Å². The van der Waals surface area contributed by atoms with Crippen LogP contribution in [0.25, 0.3) is 0 Å². The predicted molar refractivity (Wildman–Crippen MR) is 116 cm³/mol. The number of hydrogen-bond donors (Lipinski definition) is 0. The second-order valence-electron chi connectivity index (χ2n) is 8.26. The molecule has 0 fully saturated rings. The highest BCUT2D eigenvalue weighted by Gasteiger charge is 2.08. The van der Waals surface area contributed by atoms with Gasteiger partial charge in [0.15, 0.2) is 11.4 Å². The number of nitrogens with zero attached hydrogens (tertiary/aromatic N) is 1. The van der Waals surface area contributed by atoms with Gasteiger partial charge in [0.05, 0.1) is 0 Å². The van der Waals surface area contributed by atoms with Gasteiger partial charge >= 0.3 is 0 Å². The van der Waals surface area contributed by atoms with E-state index in [4.69, 9.17) is 0 Å². The van der Waals surface area contributed by atoms with Gasteiger partial charge in [-0.2, -0.15) is 0 Å². The molecule has 1 heterocycles. The summed E-state index contributed by atoms with van der Waals surface area (Å²) in [6.45, 7) is 7.93. The molecule has 0 N–H and O–H groups in total. The largest absolute Gasteiger partial charge is 1.00 e. The molecule has 0 aliphatic heterocycles. The first-order valence-electron chi connectivity index (χ1n) is 11.7. The zero-order valence-electron chi connectivity index (χ0n) is 18.6. The Labute approximate surface area is 176 Å². The molecule has 0 saturated carbocycles. The maximum absolute atomic E-state index is 2.46. The van der Waals surface area contributed by atoms with Crippen LogP contribution in [0.3, 0.4) is 0 Å². The Bertz CT molecular complexity index is 424. The summed E-state index contributed by atoms with van der Waals surface area (Å²) in [7, 11) is 0. The number of pyridine rings is 1. The molecule has 0 unspecified atom stereocenters. The zero-order valence-corrected chi connectivity index (χ0v) is 19.3. The zero-order chi connectivity index (χ0) is 18.9. The second-order valence-corrected chi connectivity index (χ2v) is 8.26. The first-order valence-corrected chi connectivity index (χ1v) is 11.7. The molecule has 0 radical (unpaired) electrons. The monoisotopic (exact) mass is 395 g/mol. The van der Waals surface area contributed by atoms with Crippen LogP contribution in [0.2, 0.25) is 0 Å². The lowest BCUT2D eigenvalue weighted by Crippen LogP contribution is -3.00. The highest BCUT2D eigenvalue weighted by Crippen LogP contribution is 2.13. The molecular weight excluding hydrogens is 350 g/mol. The summed E-state index contributed by atoms with van der Waals surface area (Å²) in [4.78, 5) is 0. The van der Waals surface area contributed by atoms with Crippen molar-refractivity contribution in [2.45, 2.75) is 130 Å². The van der Waals surface area contributed by atoms with E-state index in [0.29, 0.717) is 0 Å². The van der Waals surface area contributed by atoms with E-state index in [2.05, 4.69) is 43.5 Å². The highest BCUT2D eigenvalue weighted by molar-refractivity contribution is 5.00. The summed E-state index contributed by atoms with van der Waals surface area (Å²) in [5.41, 5.74) is 2.79. The lowest BCUT2D eigenvalue weighted by molar-refractivity contribution is -0.709. The summed E-state index contributed by atoms with van der Waals surface area (Å²) < 4.78 is 2.46. The lowest BCUT2D eigenvalue weighted by atomic mass is 10.0. The molecule has 27 heavy (non-hydrogen) atoms. The Hall–Kier alpha value is -0.560. The molecule has 0 spiro atoms. The third-order valence-electron chi connectivity index (χ3n) is 5.76. The normalized spacial score (nSPS) is 10.8. The standard InChI is InChI=1S/C25H46N.ClH/c1-4-5-6-7-8-9-10-11-12-13-14-15-16-17-18-19-23-26-24(2)21-20-22-25(26)3;/h20-22H,4-19,23H2,1-3H3;1H/q+1;/p-1. The smallest absolute Gasteiger partial charge is 0.178 e. The number of aromatic nitrogens is 1. The van der Waals surface area contributed by atoms with Gasteiger partial charge in [-0.05, 0) is 12.5 Å². The highest BCUT2D eigenvalue weighted by atomic mass is 35.5. The van der Waals surface area contributed by atoms with Crippen LogP contribution in [0, 0.1) is 13.8 Å². The Morgan fingerprint density at radius 2 is 0.889 bits per heavy atom. The molecule has 158 valence electrons. The van der Waals surface area contributed by atoms with Crippen LogP contribution < -0.4 is 17.0 Å². The van der Waals surface area contributed by atoms with Gasteiger partial charge in [-0.1, -0.05) is 96.8 Å². The van der Waals surface area contributed by atoms with Crippen LogP contribution >= 0.6 is 0 Å². The molecule has 0 aromatic carbocycles. The third kappa shape index (κ3) is 14.1. The SMILES string of the molecule is CCCCCCCCCCCCCCCCCC[n+]1c(C)cccc1C.[Cl-]. The summed E-state index contributed by atoms with van der Waals surface area (Å²) >= 11 is 0. The Kier molecular flexibility index (Phi) is 18.4. The van der Waals surface area contributed by atoms with Gasteiger partial charge in [0.1, 0.15) is 6.54 Å². The van der Waals surface area contributed by atoms with E-state index in [1.165, 1.54) is 121 Å². The minimum atomic E-state index is 0. The van der Waals surface area contributed by atoms with Crippen LogP contribution in [0.15, 0.2) is 18.2 Å². The molecule has 0 saturated heterocycles. The average molecular weight is 396 g/mol. The lowest BCUT2D eigenvalue weighted by Gasteiger charge is -2.05. The summed E-state index contributed by atoms with van der Waals surface area (Å²) in [5.74, 6) is 0. The van der Waals surface area contributed by atoms with E-state index in [1.54, 1.807) is 0 Å². The van der Waals surface area contributed by atoms with Crippen molar-refractivity contribution in [1.82, 2.24) is 0 Å². The summed E-state index contributed by atoms with van der Waals surface area (Å²) in [5, 5.41) is 0. The summed E-state index contributed by atoms with van der Waals surface area (Å²) in [6.07, 6.45) is 23.0. The molecule has 2 heteroatoms. The molecule has 0 aliphatic carbocycles. The maximum atomic E-state index is 2.46. The quantitative estimate of drug-likeness (QED) is 0.262. The van der Waals surface area contributed by atoms with Crippen molar-refractivity contribution in [2.75, 3.05) is 0 Å². The molecule has 0 atom stereocenters. The van der Waals surface area contributed by atoms with E-state index >= 15 is 0 Å². The number of hydrogen-bond acceptors (Lipinski definition) is 0. The van der Waals surface area contributed by atoms with E-state index in [-0.39, 0.29) is 12.4 Å². The van der Waals surface area contributed by atoms with Crippen molar-refractivity contribution < 1.29 is 17.0 Å². The third-order valence-corrected chi connectivity index (χ3v) is 5.76. The Morgan fingerprint density at radius 3 is 1.26 bits per heavy atom. The van der Waals surface area contributed by atoms with Crippen LogP contribution in [0.4, 0.5) is 0 Å². The van der Waals surface area contributed by atoms with Crippen LogP contribution in [0.5, 0.6) is 0 Å². The Morgan fingerprint density at radius 1 is 0.556 bits per heavy atom. The molecule has 1 nitrogen and oxygen atoms in total. The van der Waals surface area contributed by atoms with Crippen molar-refractivity contribution in [3.05, 3.63) is 29.6 Å². The minimum absolute atomic E-state index is 0. The van der Waals surface area contributed by atoms with Gasteiger partial charge in [0.2, 0.25) is 0 Å². The van der Waals surface area contributed by atoms with Gasteiger partial charge < -0.3 is 12.4 Å². The fourth-order valence-corrected chi connectivity index (χ4v) is 3.96. The first kappa shape index (κ1) is 26.4. The van der Waals surface area contributed by atoms with Gasteiger partial charge in [-0.15, -0.1) is 0 Å². The van der Waals surface area contributed by atoms with Gasteiger partial charge in [0, 0.05) is 32.4 Å². The van der Waals surface area contributed by atoms with Crippen molar-refractivity contribution in [1.29, 1.82) is 0 Å². The first-order chi connectivity index (χ1) is 12.8. The van der Waals surface area contributed by atoms with E-state index < -0.39 is 0 Å². The van der Waals surface area contributed by atoms with Gasteiger partial charge in [-0.25, -0.2) is 4.57 Å². The van der Waals surface area contributed by atoms with Gasteiger partial charge in [0.25, 0.3) is 0 Å². The fourth-order valence-electron chi connectivity index (χ4n) is 3.96. The number of rotatable bonds is 17. The van der Waals surface area contributed by atoms with Crippen molar-refractivity contribution in [3.63, 3.8) is 0 Å². The Balaban J connectivity index is 0.00000676. The number of aryl methyl sites for hydroxylation is 2. The molecule has 0 amide bonds. The number of unbranched alkanes of at least 4 members (excludes halogenated alkanes) is 15. The molecule has 0 aliphatic rings. The molecule has 0 bridgehead atoms. The average Bonchev–Trinajstić information content (AvgIpc) is 2.63. The van der Waals surface area contributed by atoms with E-state index in [1.807, 2.05) is 0 Å². The molecule has 1 rings (SSSR count). The predicted octanol–water partition coefficient (Wildman–Crippen LogP) is 4.86. The number of halogens is 1. The van der Waals surface area contributed by atoms with Crippen LogP contribution in [-0.4, -0.2) is 0 Å². The fraction of sp³-hybridized carbons (Fsp3) is 0.800. The topological polar surface area (TPSA) is 3.88 Å². The second kappa shape index (κ2) is 18.8. The minimum Gasteiger partial charge on any atom is -1.00 e. The van der Waals surface area contributed by atoms with Crippen molar-refractivity contribution in [2.24, 2.45) is 0 Å². The molecular formula is C25H46ClN. The molecule has 1 aromatic rings. The van der Waals surface area contributed by atoms with Crippen molar-refractivity contribution in [3.8, 4) is 0 Å². The van der Waals surface area contributed by atoms with Crippen LogP contribution in [0.1, 0.15) is 121 Å².